The molecule has 9 nitrogen and oxygen atoms in total. The van der Waals surface area contributed by atoms with Gasteiger partial charge in [-0.25, -0.2) is 14.8 Å². The van der Waals surface area contributed by atoms with E-state index >= 15 is 0 Å². The number of nitrogens with zero attached hydrogens (tertiary/aromatic N) is 4. The second kappa shape index (κ2) is 8.46. The van der Waals surface area contributed by atoms with E-state index in [0.717, 1.165) is 56.2 Å². The second-order valence-corrected chi connectivity index (χ2v) is 7.08. The summed E-state index contributed by atoms with van der Waals surface area (Å²) >= 11 is 0. The highest BCUT2D eigenvalue weighted by molar-refractivity contribution is 5.87. The maximum Gasteiger partial charge on any atom is 0.410 e. The number of aromatic nitrogens is 3. The highest BCUT2D eigenvalue weighted by Crippen LogP contribution is 2.27. The molecular formula is C20H25N7O2. The zero-order valence-electron chi connectivity index (χ0n) is 16.4. The van der Waals surface area contributed by atoms with E-state index in [1.54, 1.807) is 18.3 Å². The predicted octanol–water partition coefficient (Wildman–Crippen LogP) is 1.42. The lowest BCUT2D eigenvalue weighted by molar-refractivity contribution is 0.211. The van der Waals surface area contributed by atoms with Crippen molar-refractivity contribution in [3.63, 3.8) is 0 Å². The number of nitrogens with two attached hydrogens (primary N) is 1. The van der Waals surface area contributed by atoms with Crippen molar-refractivity contribution in [3.8, 4) is 17.1 Å². The van der Waals surface area contributed by atoms with Gasteiger partial charge in [-0.1, -0.05) is 6.07 Å². The minimum absolute atomic E-state index is 0.328. The third-order valence-electron chi connectivity index (χ3n) is 5.06. The molecule has 29 heavy (non-hydrogen) atoms. The van der Waals surface area contributed by atoms with Gasteiger partial charge in [-0.05, 0) is 24.3 Å². The Hall–Kier alpha value is -3.17. The number of benzene rings is 1. The molecule has 3 heterocycles. The van der Waals surface area contributed by atoms with Gasteiger partial charge in [-0.2, -0.15) is 0 Å². The number of carbonyl (C=O) groups excluding carboxylic acids is 1. The standard InChI is InChI=1S/C20H25N7O2/c1-26(11-12-27-9-7-22-8-10-27)17-6-5-14(13-23-17)19-24-15-3-2-4-16(18(15)25-19)29-20(21)28/h2-6,13,22H,7-12H2,1H3,(H2,21,28)(H,24,25). The van der Waals surface area contributed by atoms with Crippen molar-refractivity contribution in [3.05, 3.63) is 36.5 Å². The zero-order valence-corrected chi connectivity index (χ0v) is 16.4. The molecule has 1 aliphatic rings. The first-order valence-corrected chi connectivity index (χ1v) is 9.67. The average molecular weight is 395 g/mol. The number of piperazine rings is 1. The molecule has 4 rings (SSSR count). The summed E-state index contributed by atoms with van der Waals surface area (Å²) in [6, 6.07) is 9.27. The van der Waals surface area contributed by atoms with Gasteiger partial charge in [0.1, 0.15) is 17.2 Å². The zero-order chi connectivity index (χ0) is 20.2. The Morgan fingerprint density at radius 2 is 2.10 bits per heavy atom. The van der Waals surface area contributed by atoms with Gasteiger partial charge in [-0.15, -0.1) is 0 Å². The number of fused-ring (bicyclic) bond motifs is 1. The molecule has 152 valence electrons. The van der Waals surface area contributed by atoms with Crippen LogP contribution in [0.2, 0.25) is 0 Å². The number of hydrogen-bond acceptors (Lipinski definition) is 7. The van der Waals surface area contributed by atoms with Crippen molar-refractivity contribution < 1.29 is 9.53 Å². The van der Waals surface area contributed by atoms with Crippen LogP contribution in [0.1, 0.15) is 0 Å². The van der Waals surface area contributed by atoms with Gasteiger partial charge in [0.05, 0.1) is 5.52 Å². The lowest BCUT2D eigenvalue weighted by atomic mass is 10.2. The highest BCUT2D eigenvalue weighted by atomic mass is 16.5. The van der Waals surface area contributed by atoms with E-state index in [2.05, 4.69) is 37.1 Å². The monoisotopic (exact) mass is 395 g/mol. The van der Waals surface area contributed by atoms with Crippen LogP contribution < -0.4 is 20.7 Å². The first-order chi connectivity index (χ1) is 14.1. The molecule has 0 atom stereocenters. The van der Waals surface area contributed by atoms with Crippen LogP contribution in [0.4, 0.5) is 10.6 Å². The van der Waals surface area contributed by atoms with Crippen LogP contribution in [-0.2, 0) is 0 Å². The maximum atomic E-state index is 11.1. The molecule has 1 saturated heterocycles. The number of pyridine rings is 1. The molecule has 0 radical (unpaired) electrons. The number of primary amides is 1. The van der Waals surface area contributed by atoms with Gasteiger partial charge in [0.2, 0.25) is 0 Å². The first kappa shape index (κ1) is 19.2. The van der Waals surface area contributed by atoms with Crippen LogP contribution >= 0.6 is 0 Å². The van der Waals surface area contributed by atoms with E-state index in [4.69, 9.17) is 10.5 Å². The molecule has 0 saturated carbocycles. The molecule has 0 bridgehead atoms. The van der Waals surface area contributed by atoms with Crippen molar-refractivity contribution >= 4 is 22.9 Å². The number of amides is 1. The SMILES string of the molecule is CN(CCN1CCNCC1)c1ccc(-c2nc3c(OC(N)=O)cccc3[nH]2)cn1. The van der Waals surface area contributed by atoms with E-state index in [-0.39, 0.29) is 0 Å². The fourth-order valence-corrected chi connectivity index (χ4v) is 3.43. The maximum absolute atomic E-state index is 11.1. The summed E-state index contributed by atoms with van der Waals surface area (Å²) < 4.78 is 5.03. The smallest absolute Gasteiger partial charge is 0.408 e. The largest absolute Gasteiger partial charge is 0.410 e. The molecule has 0 spiro atoms. The van der Waals surface area contributed by atoms with Gasteiger partial charge in [0, 0.05) is 58.1 Å². The molecule has 0 aliphatic carbocycles. The van der Waals surface area contributed by atoms with E-state index in [0.29, 0.717) is 17.1 Å². The Balaban J connectivity index is 1.46. The summed E-state index contributed by atoms with van der Waals surface area (Å²) in [6.45, 7) is 6.24. The number of H-pyrrole nitrogens is 1. The van der Waals surface area contributed by atoms with Crippen molar-refractivity contribution in [2.75, 3.05) is 51.2 Å². The summed E-state index contributed by atoms with van der Waals surface area (Å²) in [5.74, 6) is 1.90. The number of likely N-dealkylation sites (N-methyl/N-ethyl adjacent to an activating group) is 1. The van der Waals surface area contributed by atoms with Crippen LogP contribution in [0, 0.1) is 0 Å². The van der Waals surface area contributed by atoms with E-state index in [9.17, 15) is 4.79 Å². The average Bonchev–Trinajstić information content (AvgIpc) is 3.18. The van der Waals surface area contributed by atoms with Crippen molar-refractivity contribution in [1.82, 2.24) is 25.2 Å². The van der Waals surface area contributed by atoms with Crippen LogP contribution in [0.25, 0.3) is 22.4 Å². The number of nitrogens with one attached hydrogen (secondary N) is 2. The number of hydrogen-bond donors (Lipinski definition) is 3. The summed E-state index contributed by atoms with van der Waals surface area (Å²) in [5, 5.41) is 3.37. The number of carbonyl (C=O) groups is 1. The Morgan fingerprint density at radius 1 is 1.28 bits per heavy atom. The van der Waals surface area contributed by atoms with Crippen LogP contribution in [0.5, 0.6) is 5.75 Å². The minimum atomic E-state index is -0.864. The number of para-hydroxylation sites is 1. The highest BCUT2D eigenvalue weighted by Gasteiger charge is 2.13. The summed E-state index contributed by atoms with van der Waals surface area (Å²) in [5.41, 5.74) is 7.30. The number of ether oxygens (including phenoxy) is 1. The van der Waals surface area contributed by atoms with E-state index < -0.39 is 6.09 Å². The van der Waals surface area contributed by atoms with Gasteiger partial charge < -0.3 is 25.7 Å². The molecule has 1 amide bonds. The molecule has 0 unspecified atom stereocenters. The molecule has 2 aromatic heterocycles. The third kappa shape index (κ3) is 4.47. The van der Waals surface area contributed by atoms with E-state index in [1.165, 1.54) is 0 Å². The minimum Gasteiger partial charge on any atom is -0.408 e. The quantitative estimate of drug-likeness (QED) is 0.579. The second-order valence-electron chi connectivity index (χ2n) is 7.08. The first-order valence-electron chi connectivity index (χ1n) is 9.67. The normalized spacial score (nSPS) is 14.8. The Kier molecular flexibility index (Phi) is 5.59. The number of anilines is 1. The van der Waals surface area contributed by atoms with Crippen molar-refractivity contribution in [2.24, 2.45) is 5.73 Å². The number of rotatable bonds is 6. The Bertz CT molecular complexity index is 980. The van der Waals surface area contributed by atoms with Crippen LogP contribution in [0.15, 0.2) is 36.5 Å². The molecular weight excluding hydrogens is 370 g/mol. The Labute approximate surface area is 168 Å². The molecule has 1 aliphatic heterocycles. The molecule has 1 aromatic carbocycles. The fraction of sp³-hybridized carbons (Fsp3) is 0.350. The predicted molar refractivity (Wildman–Crippen MR) is 112 cm³/mol. The number of imidazole rings is 1. The van der Waals surface area contributed by atoms with E-state index in [1.807, 2.05) is 18.2 Å². The molecule has 1 fully saturated rings. The summed E-state index contributed by atoms with van der Waals surface area (Å²) in [7, 11) is 2.05. The topological polar surface area (TPSA) is 112 Å². The lowest BCUT2D eigenvalue weighted by Crippen LogP contribution is -2.46. The Morgan fingerprint density at radius 3 is 2.83 bits per heavy atom. The van der Waals surface area contributed by atoms with Gasteiger partial charge >= 0.3 is 6.09 Å². The van der Waals surface area contributed by atoms with Crippen LogP contribution in [-0.4, -0.2) is 72.3 Å². The molecule has 9 heteroatoms. The summed E-state index contributed by atoms with van der Waals surface area (Å²) in [6.07, 6.45) is 0.931. The lowest BCUT2D eigenvalue weighted by Gasteiger charge is -2.29. The van der Waals surface area contributed by atoms with Crippen molar-refractivity contribution in [1.29, 1.82) is 0 Å². The number of aromatic amines is 1. The fourth-order valence-electron chi connectivity index (χ4n) is 3.43. The van der Waals surface area contributed by atoms with Gasteiger partial charge in [0.25, 0.3) is 0 Å². The summed E-state index contributed by atoms with van der Waals surface area (Å²) in [4.78, 5) is 28.1. The molecule has 3 aromatic rings. The third-order valence-corrected chi connectivity index (χ3v) is 5.06. The van der Waals surface area contributed by atoms with Crippen LogP contribution in [0.3, 0.4) is 0 Å². The van der Waals surface area contributed by atoms with Gasteiger partial charge in [0.15, 0.2) is 5.75 Å². The van der Waals surface area contributed by atoms with Gasteiger partial charge in [-0.3, -0.25) is 4.90 Å². The molecule has 4 N–H and O–H groups in total. The van der Waals surface area contributed by atoms with Crippen molar-refractivity contribution in [2.45, 2.75) is 0 Å².